The molecule has 0 atom stereocenters. The van der Waals surface area contributed by atoms with E-state index in [1.807, 2.05) is 95.9 Å². The van der Waals surface area contributed by atoms with Crippen molar-refractivity contribution in [3.63, 3.8) is 0 Å². The van der Waals surface area contributed by atoms with E-state index in [0.29, 0.717) is 17.5 Å². The van der Waals surface area contributed by atoms with E-state index >= 15 is 0 Å². The van der Waals surface area contributed by atoms with Gasteiger partial charge in [-0.15, -0.1) is 21.5 Å². The van der Waals surface area contributed by atoms with Crippen LogP contribution in [-0.4, -0.2) is 43.4 Å². The van der Waals surface area contributed by atoms with E-state index in [0.717, 1.165) is 38.3 Å². The summed E-state index contributed by atoms with van der Waals surface area (Å²) >= 11 is 3.05. The monoisotopic (exact) mass is 547 g/mol. The van der Waals surface area contributed by atoms with Gasteiger partial charge in [0.1, 0.15) is 0 Å². The summed E-state index contributed by atoms with van der Waals surface area (Å²) in [6.07, 6.45) is 0. The Hall–Kier alpha value is -4.27. The van der Waals surface area contributed by atoms with Crippen LogP contribution < -0.4 is 0 Å². The summed E-state index contributed by atoms with van der Waals surface area (Å²) in [5, 5.41) is 12.9. The Kier molecular flexibility index (Phi) is 7.21. The van der Waals surface area contributed by atoms with Crippen molar-refractivity contribution in [2.24, 2.45) is 0 Å². The predicted octanol–water partition coefficient (Wildman–Crippen LogP) is 6.96. The molecule has 0 aliphatic heterocycles. The van der Waals surface area contributed by atoms with Gasteiger partial charge < -0.3 is 4.90 Å². The Bertz CT molecular complexity index is 1720. The topological polar surface area (TPSA) is 63.9 Å². The Morgan fingerprint density at radius 1 is 0.897 bits per heavy atom. The van der Waals surface area contributed by atoms with Crippen LogP contribution in [0.15, 0.2) is 114 Å². The Morgan fingerprint density at radius 2 is 1.64 bits per heavy atom. The minimum atomic E-state index is 0.0401. The van der Waals surface area contributed by atoms with Gasteiger partial charge in [0.15, 0.2) is 11.0 Å². The average Bonchev–Trinajstić information content (AvgIpc) is 3.66. The van der Waals surface area contributed by atoms with Crippen LogP contribution in [0.5, 0.6) is 0 Å². The van der Waals surface area contributed by atoms with Gasteiger partial charge in [-0.3, -0.25) is 9.36 Å². The Morgan fingerprint density at radius 3 is 2.41 bits per heavy atom. The van der Waals surface area contributed by atoms with Gasteiger partial charge in [-0.25, -0.2) is 4.98 Å². The fourth-order valence-electron chi connectivity index (χ4n) is 4.43. The van der Waals surface area contributed by atoms with Crippen LogP contribution in [0.3, 0.4) is 0 Å². The normalized spacial score (nSPS) is 11.1. The van der Waals surface area contributed by atoms with Crippen LogP contribution in [0, 0.1) is 0 Å². The minimum Gasteiger partial charge on any atom is -0.340 e. The molecule has 6 nitrogen and oxygen atoms in total. The molecule has 0 radical (unpaired) electrons. The molecular weight excluding hydrogens is 523 g/mol. The molecule has 192 valence electrons. The van der Waals surface area contributed by atoms with Crippen LogP contribution >= 0.6 is 23.1 Å². The molecule has 0 aliphatic rings. The highest BCUT2D eigenvalue weighted by Crippen LogP contribution is 2.34. The number of nitrogens with zero attached hydrogens (tertiary/aromatic N) is 5. The summed E-state index contributed by atoms with van der Waals surface area (Å²) in [7, 11) is 1.84. The minimum absolute atomic E-state index is 0.0401. The number of thioether (sulfide) groups is 1. The number of hydrogen-bond donors (Lipinski definition) is 0. The maximum Gasteiger partial charge on any atom is 0.233 e. The summed E-state index contributed by atoms with van der Waals surface area (Å²) in [6.45, 7) is 0.596. The van der Waals surface area contributed by atoms with E-state index < -0.39 is 0 Å². The zero-order valence-electron chi connectivity index (χ0n) is 21.3. The molecule has 3 aromatic heterocycles. The molecule has 0 saturated carbocycles. The quantitative estimate of drug-likeness (QED) is 0.193. The lowest BCUT2D eigenvalue weighted by Crippen LogP contribution is -2.27. The molecule has 0 fully saturated rings. The van der Waals surface area contributed by atoms with Crippen LogP contribution in [0.4, 0.5) is 0 Å². The molecule has 3 aromatic carbocycles. The molecule has 0 N–H and O–H groups in total. The first-order valence-electron chi connectivity index (χ1n) is 12.5. The largest absolute Gasteiger partial charge is 0.340 e. The van der Waals surface area contributed by atoms with Gasteiger partial charge in [-0.05, 0) is 35.7 Å². The fraction of sp³-hybridized carbons (Fsp3) is 0.0968. The fourth-order valence-corrected chi connectivity index (χ4v) is 6.08. The first-order valence-corrected chi connectivity index (χ1v) is 14.4. The lowest BCUT2D eigenvalue weighted by Gasteiger charge is -2.16. The smallest absolute Gasteiger partial charge is 0.233 e. The number of thiophene rings is 1. The van der Waals surface area contributed by atoms with Crippen molar-refractivity contribution in [3.05, 3.63) is 113 Å². The van der Waals surface area contributed by atoms with Gasteiger partial charge in [0.05, 0.1) is 23.5 Å². The van der Waals surface area contributed by atoms with Gasteiger partial charge in [0, 0.05) is 34.1 Å². The second-order valence-corrected chi connectivity index (χ2v) is 11.0. The molecule has 6 rings (SSSR count). The summed E-state index contributed by atoms with van der Waals surface area (Å²) in [4.78, 5) is 20.8. The first kappa shape index (κ1) is 25.0. The van der Waals surface area contributed by atoms with Crippen molar-refractivity contribution >= 4 is 39.9 Å². The standard InChI is InChI=1S/C31H25N5OS2/c1-35(20-24-15-10-18-38-24)29(37)21-39-31-34-33-30(36(31)23-13-6-3-7-14-23)26-19-28(22-11-4-2-5-12-22)32-27-17-9-8-16-25(26)27/h2-19H,20-21H2,1H3. The maximum absolute atomic E-state index is 13.0. The Balaban J connectivity index is 1.40. The van der Waals surface area contributed by atoms with E-state index in [-0.39, 0.29) is 11.7 Å². The highest BCUT2D eigenvalue weighted by Gasteiger charge is 2.21. The molecule has 6 aromatic rings. The number of carbonyl (C=O) groups excluding carboxylic acids is 1. The van der Waals surface area contributed by atoms with Crippen molar-refractivity contribution in [2.75, 3.05) is 12.8 Å². The van der Waals surface area contributed by atoms with Crippen molar-refractivity contribution in [1.29, 1.82) is 0 Å². The van der Waals surface area contributed by atoms with Crippen molar-refractivity contribution in [2.45, 2.75) is 11.7 Å². The molecular formula is C31H25N5OS2. The number of amides is 1. The van der Waals surface area contributed by atoms with Gasteiger partial charge in [0.25, 0.3) is 0 Å². The highest BCUT2D eigenvalue weighted by atomic mass is 32.2. The second kappa shape index (κ2) is 11.2. The number of para-hydroxylation sites is 2. The molecule has 0 unspecified atom stereocenters. The van der Waals surface area contributed by atoms with Crippen molar-refractivity contribution in [3.8, 4) is 28.3 Å². The SMILES string of the molecule is CN(Cc1cccs1)C(=O)CSc1nnc(-c2cc(-c3ccccc3)nc3ccccc23)n1-c1ccccc1. The average molecular weight is 548 g/mol. The molecule has 1 amide bonds. The van der Waals surface area contributed by atoms with E-state index in [2.05, 4.69) is 34.5 Å². The van der Waals surface area contributed by atoms with Gasteiger partial charge in [-0.2, -0.15) is 0 Å². The third-order valence-electron chi connectivity index (χ3n) is 6.40. The second-order valence-electron chi connectivity index (χ2n) is 9.03. The zero-order valence-corrected chi connectivity index (χ0v) is 22.9. The van der Waals surface area contributed by atoms with Crippen LogP contribution in [0.1, 0.15) is 4.88 Å². The van der Waals surface area contributed by atoms with Crippen molar-refractivity contribution < 1.29 is 4.79 Å². The lowest BCUT2D eigenvalue weighted by atomic mass is 10.0. The van der Waals surface area contributed by atoms with Gasteiger partial charge in [0.2, 0.25) is 5.91 Å². The molecule has 0 bridgehead atoms. The van der Waals surface area contributed by atoms with E-state index in [9.17, 15) is 4.79 Å². The van der Waals surface area contributed by atoms with Crippen molar-refractivity contribution in [1.82, 2.24) is 24.6 Å². The summed E-state index contributed by atoms with van der Waals surface area (Å²) in [5.41, 5.74) is 4.65. The van der Waals surface area contributed by atoms with E-state index in [4.69, 9.17) is 4.98 Å². The third-order valence-corrected chi connectivity index (χ3v) is 8.17. The third kappa shape index (κ3) is 5.34. The van der Waals surface area contributed by atoms with Crippen LogP contribution in [-0.2, 0) is 11.3 Å². The number of pyridine rings is 1. The molecule has 0 aliphatic carbocycles. The number of benzene rings is 3. The molecule has 0 saturated heterocycles. The number of hydrogen-bond acceptors (Lipinski definition) is 6. The van der Waals surface area contributed by atoms with E-state index in [1.165, 1.54) is 11.8 Å². The van der Waals surface area contributed by atoms with Gasteiger partial charge >= 0.3 is 0 Å². The number of fused-ring (bicyclic) bond motifs is 1. The maximum atomic E-state index is 13.0. The highest BCUT2D eigenvalue weighted by molar-refractivity contribution is 7.99. The number of carbonyl (C=O) groups is 1. The lowest BCUT2D eigenvalue weighted by molar-refractivity contribution is -0.127. The Labute approximate surface area is 235 Å². The van der Waals surface area contributed by atoms with E-state index in [1.54, 1.807) is 16.2 Å². The first-order chi connectivity index (χ1) is 19.2. The summed E-state index contributed by atoms with van der Waals surface area (Å²) < 4.78 is 2.04. The molecule has 0 spiro atoms. The molecule has 8 heteroatoms. The summed E-state index contributed by atoms with van der Waals surface area (Å²) in [6, 6.07) is 34.4. The summed E-state index contributed by atoms with van der Waals surface area (Å²) in [5.74, 6) is 1.01. The molecule has 39 heavy (non-hydrogen) atoms. The molecule has 3 heterocycles. The predicted molar refractivity (Wildman–Crippen MR) is 159 cm³/mol. The van der Waals surface area contributed by atoms with Crippen LogP contribution in [0.2, 0.25) is 0 Å². The van der Waals surface area contributed by atoms with Gasteiger partial charge in [-0.1, -0.05) is 84.6 Å². The zero-order chi connectivity index (χ0) is 26.6. The number of aromatic nitrogens is 4. The number of rotatable bonds is 8. The van der Waals surface area contributed by atoms with Crippen LogP contribution in [0.25, 0.3) is 39.2 Å².